The molecule has 0 aliphatic heterocycles. The molecule has 0 aromatic carbocycles. The Kier molecular flexibility index (Phi) is 7.41. The number of hydrogen-bond donors (Lipinski definition) is 2. The summed E-state index contributed by atoms with van der Waals surface area (Å²) in [6.07, 6.45) is 6.39. The van der Waals surface area contributed by atoms with E-state index in [4.69, 9.17) is 10.6 Å². The number of rotatable bonds is 7. The van der Waals surface area contributed by atoms with Crippen molar-refractivity contribution in [2.45, 2.75) is 65.3 Å². The monoisotopic (exact) mass is 283 g/mol. The highest BCUT2D eigenvalue weighted by Crippen LogP contribution is 2.23. The van der Waals surface area contributed by atoms with E-state index < -0.39 is 0 Å². The van der Waals surface area contributed by atoms with Crippen molar-refractivity contribution in [3.63, 3.8) is 0 Å². The van der Waals surface area contributed by atoms with Gasteiger partial charge in [-0.25, -0.2) is 0 Å². The van der Waals surface area contributed by atoms with Crippen molar-refractivity contribution in [2.24, 2.45) is 22.7 Å². The van der Waals surface area contributed by atoms with Gasteiger partial charge >= 0.3 is 0 Å². The minimum atomic E-state index is -0.107. The van der Waals surface area contributed by atoms with Crippen LogP contribution in [0.1, 0.15) is 59.3 Å². The van der Waals surface area contributed by atoms with E-state index in [2.05, 4.69) is 31.2 Å². The highest BCUT2D eigenvalue weighted by Gasteiger charge is 2.22. The van der Waals surface area contributed by atoms with Crippen molar-refractivity contribution in [1.82, 2.24) is 5.32 Å². The molecule has 0 bridgehead atoms. The molecule has 3 N–H and O–H groups in total. The second-order valence-electron chi connectivity index (χ2n) is 6.22. The van der Waals surface area contributed by atoms with E-state index in [9.17, 15) is 4.79 Å². The van der Waals surface area contributed by atoms with E-state index in [0.717, 1.165) is 12.8 Å². The molecule has 116 valence electrons. The third-order valence-electron chi connectivity index (χ3n) is 3.81. The Hall–Kier alpha value is -1.26. The largest absolute Gasteiger partial charge is 0.384 e. The van der Waals surface area contributed by atoms with Crippen molar-refractivity contribution in [3.8, 4) is 0 Å². The van der Waals surface area contributed by atoms with Gasteiger partial charge in [0.25, 0.3) is 5.91 Å². The molecule has 5 heteroatoms. The van der Waals surface area contributed by atoms with Gasteiger partial charge < -0.3 is 15.9 Å². The van der Waals surface area contributed by atoms with Gasteiger partial charge in [-0.05, 0) is 31.1 Å². The maximum absolute atomic E-state index is 11.8. The van der Waals surface area contributed by atoms with Crippen molar-refractivity contribution < 1.29 is 9.63 Å². The highest BCUT2D eigenvalue weighted by molar-refractivity contribution is 5.80. The average molecular weight is 283 g/mol. The molecule has 1 fully saturated rings. The van der Waals surface area contributed by atoms with Crippen LogP contribution in [0.4, 0.5) is 0 Å². The van der Waals surface area contributed by atoms with Crippen LogP contribution >= 0.6 is 0 Å². The summed E-state index contributed by atoms with van der Waals surface area (Å²) in [5, 5.41) is 6.80. The molecule has 0 radical (unpaired) electrons. The maximum atomic E-state index is 11.8. The summed E-state index contributed by atoms with van der Waals surface area (Å²) in [7, 11) is 0. The molecule has 1 aliphatic rings. The van der Waals surface area contributed by atoms with Crippen LogP contribution in [0.2, 0.25) is 0 Å². The topological polar surface area (TPSA) is 76.7 Å². The van der Waals surface area contributed by atoms with Gasteiger partial charge in [-0.1, -0.05) is 38.8 Å². The van der Waals surface area contributed by atoms with Crippen LogP contribution in [0.25, 0.3) is 0 Å². The van der Waals surface area contributed by atoms with Gasteiger partial charge in [0.15, 0.2) is 6.61 Å². The van der Waals surface area contributed by atoms with Gasteiger partial charge in [-0.15, -0.1) is 0 Å². The number of hydrogen-bond acceptors (Lipinski definition) is 3. The number of carbonyl (C=O) groups is 1. The summed E-state index contributed by atoms with van der Waals surface area (Å²) in [6.45, 7) is 6.40. The van der Waals surface area contributed by atoms with Gasteiger partial charge in [0.2, 0.25) is 0 Å². The van der Waals surface area contributed by atoms with Crippen LogP contribution < -0.4 is 11.1 Å². The number of nitrogens with two attached hydrogens (primary N) is 1. The van der Waals surface area contributed by atoms with E-state index in [0.29, 0.717) is 24.1 Å². The minimum Gasteiger partial charge on any atom is -0.384 e. The smallest absolute Gasteiger partial charge is 0.261 e. The van der Waals surface area contributed by atoms with E-state index in [-0.39, 0.29) is 18.6 Å². The second kappa shape index (κ2) is 8.82. The molecule has 0 aromatic heterocycles. The second-order valence-corrected chi connectivity index (χ2v) is 6.22. The van der Waals surface area contributed by atoms with Crippen molar-refractivity contribution >= 4 is 11.7 Å². The Balaban J connectivity index is 2.20. The van der Waals surface area contributed by atoms with Crippen LogP contribution in [0.3, 0.4) is 0 Å². The Morgan fingerprint density at radius 2 is 2.10 bits per heavy atom. The molecule has 1 rings (SSSR count). The van der Waals surface area contributed by atoms with Crippen LogP contribution in [0.5, 0.6) is 0 Å². The Labute approximate surface area is 122 Å². The fraction of sp³-hybridized carbons (Fsp3) is 0.867. The predicted octanol–water partition coefficient (Wildman–Crippen LogP) is 2.41. The summed E-state index contributed by atoms with van der Waals surface area (Å²) in [6, 6.07) is 0.280. The molecule has 0 saturated heterocycles. The SMILES string of the molecule is CC(C)CC/C(N)=N/OCC(=O)NC1CCCCC1C. The summed E-state index contributed by atoms with van der Waals surface area (Å²) in [5.74, 6) is 1.48. The van der Waals surface area contributed by atoms with E-state index in [1.54, 1.807) is 0 Å². The number of amides is 1. The molecular formula is C15H29N3O2. The number of carbonyl (C=O) groups excluding carboxylic acids is 1. The Morgan fingerprint density at radius 1 is 1.40 bits per heavy atom. The van der Waals surface area contributed by atoms with Gasteiger partial charge in [-0.3, -0.25) is 4.79 Å². The first-order valence-electron chi connectivity index (χ1n) is 7.72. The molecule has 2 unspecified atom stereocenters. The molecule has 5 nitrogen and oxygen atoms in total. The third-order valence-corrected chi connectivity index (χ3v) is 3.81. The molecule has 1 saturated carbocycles. The zero-order chi connectivity index (χ0) is 15.0. The maximum Gasteiger partial charge on any atom is 0.261 e. The molecule has 0 aromatic rings. The molecular weight excluding hydrogens is 254 g/mol. The molecule has 1 amide bonds. The lowest BCUT2D eigenvalue weighted by molar-refractivity contribution is -0.127. The lowest BCUT2D eigenvalue weighted by atomic mass is 9.86. The first-order valence-corrected chi connectivity index (χ1v) is 7.72. The van der Waals surface area contributed by atoms with E-state index >= 15 is 0 Å². The van der Waals surface area contributed by atoms with Crippen LogP contribution in [-0.4, -0.2) is 24.4 Å². The fourth-order valence-electron chi connectivity index (χ4n) is 2.44. The van der Waals surface area contributed by atoms with Crippen molar-refractivity contribution in [2.75, 3.05) is 6.61 Å². The lowest BCUT2D eigenvalue weighted by Gasteiger charge is -2.29. The van der Waals surface area contributed by atoms with Crippen LogP contribution in [-0.2, 0) is 9.63 Å². The van der Waals surface area contributed by atoms with E-state index in [1.165, 1.54) is 19.3 Å². The standard InChI is InChI=1S/C15H29N3O2/c1-11(2)8-9-14(16)18-20-10-15(19)17-13-7-5-4-6-12(13)3/h11-13H,4-10H2,1-3H3,(H2,16,18)(H,17,19). The van der Waals surface area contributed by atoms with Crippen molar-refractivity contribution in [3.05, 3.63) is 0 Å². The number of nitrogens with one attached hydrogen (secondary N) is 1. The molecule has 2 atom stereocenters. The van der Waals surface area contributed by atoms with Crippen molar-refractivity contribution in [1.29, 1.82) is 0 Å². The Morgan fingerprint density at radius 3 is 2.75 bits per heavy atom. The lowest BCUT2D eigenvalue weighted by Crippen LogP contribution is -2.42. The molecule has 0 spiro atoms. The summed E-state index contributed by atoms with van der Waals surface area (Å²) < 4.78 is 0. The predicted molar refractivity (Wildman–Crippen MR) is 81.2 cm³/mol. The minimum absolute atomic E-state index is 0.0500. The quantitative estimate of drug-likeness (QED) is 0.428. The zero-order valence-electron chi connectivity index (χ0n) is 13.0. The zero-order valence-corrected chi connectivity index (χ0v) is 13.0. The highest BCUT2D eigenvalue weighted by atomic mass is 16.6. The Bertz CT molecular complexity index is 329. The number of amidine groups is 1. The van der Waals surface area contributed by atoms with Gasteiger partial charge in [0, 0.05) is 12.5 Å². The average Bonchev–Trinajstić information content (AvgIpc) is 2.39. The molecule has 1 aliphatic carbocycles. The molecule has 20 heavy (non-hydrogen) atoms. The van der Waals surface area contributed by atoms with Crippen LogP contribution in [0.15, 0.2) is 5.16 Å². The first-order chi connectivity index (χ1) is 9.49. The normalized spacial score (nSPS) is 23.7. The summed E-state index contributed by atoms with van der Waals surface area (Å²) in [5.41, 5.74) is 5.71. The molecule has 0 heterocycles. The van der Waals surface area contributed by atoms with Gasteiger partial charge in [0.05, 0.1) is 0 Å². The van der Waals surface area contributed by atoms with Gasteiger partial charge in [0.1, 0.15) is 5.84 Å². The summed E-state index contributed by atoms with van der Waals surface area (Å²) >= 11 is 0. The number of nitrogens with zero attached hydrogens (tertiary/aromatic N) is 1. The fourth-order valence-corrected chi connectivity index (χ4v) is 2.44. The summed E-state index contributed by atoms with van der Waals surface area (Å²) in [4.78, 5) is 16.8. The van der Waals surface area contributed by atoms with E-state index in [1.807, 2.05) is 0 Å². The number of oxime groups is 1. The van der Waals surface area contributed by atoms with Crippen LogP contribution in [0, 0.1) is 11.8 Å². The van der Waals surface area contributed by atoms with Gasteiger partial charge in [-0.2, -0.15) is 0 Å². The third kappa shape index (κ3) is 6.78. The first kappa shape index (κ1) is 16.8.